The van der Waals surface area contributed by atoms with Crippen molar-refractivity contribution in [2.24, 2.45) is 0 Å². The normalized spacial score (nSPS) is 14.5. The van der Waals surface area contributed by atoms with Gasteiger partial charge < -0.3 is 4.43 Å². The van der Waals surface area contributed by atoms with Crippen LogP contribution in [0.25, 0.3) is 5.57 Å². The summed E-state index contributed by atoms with van der Waals surface area (Å²) < 4.78 is 31.4. The Hall–Kier alpha value is -2.89. The van der Waals surface area contributed by atoms with Crippen molar-refractivity contribution in [3.63, 3.8) is 0 Å². The minimum Gasteiger partial charge on any atom is -0.537 e. The van der Waals surface area contributed by atoms with Crippen molar-refractivity contribution in [3.8, 4) is 0 Å². The molecule has 0 atom stereocenters. The molecule has 3 nitrogen and oxygen atoms in total. The molecule has 0 aromatic heterocycles. The number of hydrogen-bond donors (Lipinski definition) is 0. The molecule has 0 N–H and O–H groups in total. The minimum atomic E-state index is -2.83. The lowest BCUT2D eigenvalue weighted by Crippen LogP contribution is -2.66. The zero-order valence-corrected chi connectivity index (χ0v) is 20.5. The van der Waals surface area contributed by atoms with Crippen LogP contribution in [0, 0.1) is 0 Å². The molecule has 32 heavy (non-hydrogen) atoms. The van der Waals surface area contributed by atoms with Crippen LogP contribution >= 0.6 is 0 Å². The van der Waals surface area contributed by atoms with E-state index in [1.165, 1.54) is 10.4 Å². The van der Waals surface area contributed by atoms with Crippen molar-refractivity contribution in [1.29, 1.82) is 0 Å². The average Bonchev–Trinajstić information content (AvgIpc) is 3.22. The summed E-state index contributed by atoms with van der Waals surface area (Å²) in [4.78, 5) is 0.434. The maximum absolute atomic E-state index is 12.1. The maximum Gasteiger partial charge on any atom is 0.319 e. The van der Waals surface area contributed by atoms with Gasteiger partial charge in [-0.05, 0) is 27.4 Å². The zero-order valence-electron chi connectivity index (χ0n) is 18.7. The highest BCUT2D eigenvalue weighted by molar-refractivity contribution is 7.74. The van der Waals surface area contributed by atoms with Crippen LogP contribution in [-0.2, 0) is 14.7 Å². The second kappa shape index (κ2) is 8.92. The fraction of sp³-hybridized carbons (Fsp3) is 0.222. The lowest BCUT2D eigenvalue weighted by molar-refractivity contribution is 0.387. The summed E-state index contributed by atoms with van der Waals surface area (Å²) in [5.41, 5.74) is 1.61. The number of benzene rings is 3. The smallest absolute Gasteiger partial charge is 0.319 e. The van der Waals surface area contributed by atoms with Crippen LogP contribution < -0.4 is 10.4 Å². The van der Waals surface area contributed by atoms with Crippen LogP contribution in [0.3, 0.4) is 0 Å². The molecule has 3 aromatic carbocycles. The largest absolute Gasteiger partial charge is 0.537 e. The van der Waals surface area contributed by atoms with Gasteiger partial charge in [-0.15, -0.1) is 0 Å². The number of hydrogen-bond acceptors (Lipinski definition) is 3. The van der Waals surface area contributed by atoms with E-state index in [1.807, 2.05) is 42.5 Å². The molecule has 0 saturated heterocycles. The van der Waals surface area contributed by atoms with Crippen LogP contribution in [-0.4, -0.2) is 21.6 Å². The fourth-order valence-electron chi connectivity index (χ4n) is 4.66. The van der Waals surface area contributed by atoms with Gasteiger partial charge in [0.05, 0.1) is 10.6 Å². The molecule has 0 fully saturated rings. The van der Waals surface area contributed by atoms with Gasteiger partial charge in [0.2, 0.25) is 10.3 Å². The van der Waals surface area contributed by atoms with Crippen molar-refractivity contribution >= 4 is 39.4 Å². The molecule has 1 aliphatic carbocycles. The van der Waals surface area contributed by atoms with Gasteiger partial charge in [-0.2, -0.15) is 8.42 Å². The molecule has 5 heteroatoms. The molecule has 0 amide bonds. The Bertz CT molecular complexity index is 1210. The first kappa shape index (κ1) is 22.3. The first-order valence-corrected chi connectivity index (χ1v) is 13.9. The van der Waals surface area contributed by atoms with E-state index >= 15 is 0 Å². The molecule has 0 saturated carbocycles. The van der Waals surface area contributed by atoms with E-state index in [-0.39, 0.29) is 5.04 Å². The van der Waals surface area contributed by atoms with E-state index in [0.29, 0.717) is 17.7 Å². The highest BCUT2D eigenvalue weighted by atomic mass is 32.2. The van der Waals surface area contributed by atoms with Gasteiger partial charge in [-0.25, -0.2) is 0 Å². The van der Waals surface area contributed by atoms with Gasteiger partial charge in [0, 0.05) is 12.0 Å². The van der Waals surface area contributed by atoms with E-state index in [9.17, 15) is 8.42 Å². The van der Waals surface area contributed by atoms with E-state index in [4.69, 9.17) is 4.43 Å². The average molecular weight is 461 g/mol. The zero-order chi connectivity index (χ0) is 22.8. The lowest BCUT2D eigenvalue weighted by atomic mass is 10.1. The molecule has 1 aliphatic rings. The van der Waals surface area contributed by atoms with Gasteiger partial charge in [0.25, 0.3) is 0 Å². The summed E-state index contributed by atoms with van der Waals surface area (Å²) in [5.74, 6) is 0.782. The molecule has 164 valence electrons. The van der Waals surface area contributed by atoms with Gasteiger partial charge in [0.15, 0.2) is 0 Å². The van der Waals surface area contributed by atoms with Crippen LogP contribution in [0.4, 0.5) is 0 Å². The SMILES string of the molecule is CC(C)(C)[Si](OC1=C(c2ccccc2)C(=S(=O)=O)CC1)(c1ccccc1)c1ccccc1. The molecule has 0 spiro atoms. The molecule has 0 aliphatic heterocycles. The van der Waals surface area contributed by atoms with Crippen molar-refractivity contribution in [1.82, 2.24) is 0 Å². The van der Waals surface area contributed by atoms with E-state index in [1.54, 1.807) is 0 Å². The summed E-state index contributed by atoms with van der Waals surface area (Å²) in [6.07, 6.45) is 1.05. The number of allylic oxidation sites excluding steroid dienone is 2. The summed E-state index contributed by atoms with van der Waals surface area (Å²) in [6, 6.07) is 30.6. The Morgan fingerprint density at radius 2 is 1.19 bits per heavy atom. The monoisotopic (exact) mass is 460 g/mol. The van der Waals surface area contributed by atoms with E-state index < -0.39 is 18.6 Å². The van der Waals surface area contributed by atoms with Gasteiger partial charge in [0.1, 0.15) is 0 Å². The maximum atomic E-state index is 12.1. The third-order valence-corrected chi connectivity index (χ3v) is 11.9. The van der Waals surface area contributed by atoms with Crippen LogP contribution in [0.5, 0.6) is 0 Å². The van der Waals surface area contributed by atoms with Crippen molar-refractivity contribution in [3.05, 3.63) is 102 Å². The van der Waals surface area contributed by atoms with Crippen LogP contribution in [0.15, 0.2) is 96.8 Å². The Balaban J connectivity index is 2.01. The number of rotatable bonds is 5. The predicted octanol–water partition coefficient (Wildman–Crippen LogP) is 4.82. The summed E-state index contributed by atoms with van der Waals surface area (Å²) in [7, 11) is -5.11. The quantitative estimate of drug-likeness (QED) is 0.405. The Morgan fingerprint density at radius 3 is 1.62 bits per heavy atom. The summed E-state index contributed by atoms with van der Waals surface area (Å²) >= 11 is 0. The topological polar surface area (TPSA) is 43.4 Å². The third kappa shape index (κ3) is 3.98. The molecule has 0 radical (unpaired) electrons. The molecule has 3 aromatic rings. The second-order valence-corrected chi connectivity index (χ2v) is 14.3. The molecule has 0 heterocycles. The van der Waals surface area contributed by atoms with Gasteiger partial charge in [-0.1, -0.05) is 112 Å². The minimum absolute atomic E-state index is 0.191. The van der Waals surface area contributed by atoms with Crippen LogP contribution in [0.1, 0.15) is 39.2 Å². The van der Waals surface area contributed by atoms with Crippen LogP contribution in [0.2, 0.25) is 5.04 Å². The molecule has 0 unspecified atom stereocenters. The highest BCUT2D eigenvalue weighted by Crippen LogP contribution is 2.42. The summed E-state index contributed by atoms with van der Waals surface area (Å²) in [6.45, 7) is 6.69. The van der Waals surface area contributed by atoms with Gasteiger partial charge >= 0.3 is 8.32 Å². The Kier molecular flexibility index (Phi) is 6.22. The second-order valence-electron chi connectivity index (χ2n) is 9.09. The Morgan fingerprint density at radius 1 is 0.719 bits per heavy atom. The fourth-order valence-corrected chi connectivity index (χ4v) is 9.83. The standard InChI is InChI=1S/C27H28O3SSi/c1-27(2,3)32(22-15-9-5-10-16-22,23-17-11-6-12-18-23)30-24-19-20-25(31(28)29)26(24)21-13-7-4-8-14-21/h4-18H,19-20H2,1-3H3. The molecular formula is C27H28O3SSi. The lowest BCUT2D eigenvalue weighted by Gasteiger charge is -2.43. The summed E-state index contributed by atoms with van der Waals surface area (Å²) in [5, 5.41) is 2.16. The first-order chi connectivity index (χ1) is 15.3. The van der Waals surface area contributed by atoms with Crippen molar-refractivity contribution < 1.29 is 12.8 Å². The van der Waals surface area contributed by atoms with E-state index in [2.05, 4.69) is 69.3 Å². The third-order valence-electron chi connectivity index (χ3n) is 6.09. The van der Waals surface area contributed by atoms with Crippen molar-refractivity contribution in [2.45, 2.75) is 38.7 Å². The van der Waals surface area contributed by atoms with Crippen molar-refractivity contribution in [2.75, 3.05) is 0 Å². The van der Waals surface area contributed by atoms with E-state index in [0.717, 1.165) is 16.9 Å². The Labute approximate surface area is 193 Å². The predicted molar refractivity (Wildman–Crippen MR) is 135 cm³/mol. The molecule has 0 bridgehead atoms. The molecule has 4 rings (SSSR count). The first-order valence-electron chi connectivity index (χ1n) is 10.9. The molecular weight excluding hydrogens is 432 g/mol. The van der Waals surface area contributed by atoms with Gasteiger partial charge in [-0.3, -0.25) is 0 Å². The highest BCUT2D eigenvalue weighted by Gasteiger charge is 2.53.